The summed E-state index contributed by atoms with van der Waals surface area (Å²) >= 11 is 0. The molecule has 0 unspecified atom stereocenters. The van der Waals surface area contributed by atoms with Crippen molar-refractivity contribution in [2.75, 3.05) is 46.5 Å². The average Bonchev–Trinajstić information content (AvgIpc) is 3.22. The summed E-state index contributed by atoms with van der Waals surface area (Å²) in [4.78, 5) is 18.9. The van der Waals surface area contributed by atoms with Gasteiger partial charge in [-0.2, -0.15) is 5.10 Å². The quantitative estimate of drug-likeness (QED) is 0.818. The summed E-state index contributed by atoms with van der Waals surface area (Å²) in [6.45, 7) is 7.94. The van der Waals surface area contributed by atoms with Gasteiger partial charge in [0.1, 0.15) is 11.6 Å². The number of hydrazone groups is 1. The van der Waals surface area contributed by atoms with E-state index in [0.717, 1.165) is 30.2 Å². The van der Waals surface area contributed by atoms with Crippen LogP contribution >= 0.6 is 0 Å². The molecule has 0 atom stereocenters. The second kappa shape index (κ2) is 8.81. The lowest BCUT2D eigenvalue weighted by Gasteiger charge is -2.27. The Bertz CT molecular complexity index is 779. The number of fused-ring (bicyclic) bond motifs is 1. The van der Waals surface area contributed by atoms with Gasteiger partial charge in [0.05, 0.1) is 44.7 Å². The highest BCUT2D eigenvalue weighted by Gasteiger charge is 2.23. The normalized spacial score (nSPS) is 18.2. The van der Waals surface area contributed by atoms with Crippen LogP contribution in [0.15, 0.2) is 40.4 Å². The van der Waals surface area contributed by atoms with Crippen molar-refractivity contribution in [3.05, 3.63) is 41.5 Å². The first kappa shape index (κ1) is 19.1. The zero-order valence-electron chi connectivity index (χ0n) is 16.1. The maximum absolute atomic E-state index is 12.7. The molecule has 4 rings (SSSR count). The van der Waals surface area contributed by atoms with E-state index in [1.54, 1.807) is 12.0 Å². The molecule has 0 aromatic heterocycles. The van der Waals surface area contributed by atoms with Crippen LogP contribution in [0, 0.1) is 0 Å². The third-order valence-corrected chi connectivity index (χ3v) is 4.49. The Morgan fingerprint density at radius 3 is 2.67 bits per heavy atom. The minimum Gasteiger partial charge on any atom is -0.496 e. The van der Waals surface area contributed by atoms with Crippen LogP contribution in [0.3, 0.4) is 0 Å². The number of aliphatic imine (C=N–C) groups is 1. The van der Waals surface area contributed by atoms with Gasteiger partial charge < -0.3 is 14.4 Å². The van der Waals surface area contributed by atoms with Crippen LogP contribution in [0.2, 0.25) is 0 Å². The van der Waals surface area contributed by atoms with E-state index in [1.807, 2.05) is 49.2 Å². The van der Waals surface area contributed by atoms with E-state index in [9.17, 15) is 4.79 Å². The fourth-order valence-corrected chi connectivity index (χ4v) is 3.13. The molecule has 0 saturated carbocycles. The second-order valence-electron chi connectivity index (χ2n) is 6.00. The molecule has 3 heterocycles. The first-order valence-corrected chi connectivity index (χ1v) is 9.40. The van der Waals surface area contributed by atoms with Crippen molar-refractivity contribution in [1.82, 2.24) is 9.91 Å². The summed E-state index contributed by atoms with van der Waals surface area (Å²) in [7, 11) is 1.58. The van der Waals surface area contributed by atoms with Crippen LogP contribution in [0.1, 0.15) is 29.8 Å². The minimum atomic E-state index is -0.0261. The van der Waals surface area contributed by atoms with E-state index >= 15 is 0 Å². The Morgan fingerprint density at radius 2 is 1.93 bits per heavy atom. The molecule has 0 bridgehead atoms. The third kappa shape index (κ3) is 4.03. The molecular formula is C20H26N4O3. The van der Waals surface area contributed by atoms with E-state index in [0.29, 0.717) is 37.6 Å². The molecule has 0 spiro atoms. The largest absolute Gasteiger partial charge is 0.496 e. The Hall–Kier alpha value is -2.67. The number of nitrogens with zero attached hydrogens (tertiary/aromatic N) is 4. The zero-order chi connectivity index (χ0) is 19.2. The molecular weight excluding hydrogens is 344 g/mol. The van der Waals surface area contributed by atoms with Crippen molar-refractivity contribution in [2.45, 2.75) is 13.8 Å². The number of allylic oxidation sites excluding steroid dienone is 1. The predicted octanol–water partition coefficient (Wildman–Crippen LogP) is 2.18. The maximum atomic E-state index is 12.7. The fraction of sp³-hybridized carbons (Fsp3) is 0.450. The summed E-state index contributed by atoms with van der Waals surface area (Å²) in [6, 6.07) is 5.60. The number of benzene rings is 1. The molecule has 1 fully saturated rings. The highest BCUT2D eigenvalue weighted by atomic mass is 16.5. The van der Waals surface area contributed by atoms with Crippen molar-refractivity contribution < 1.29 is 14.3 Å². The second-order valence-corrected chi connectivity index (χ2v) is 6.00. The smallest absolute Gasteiger partial charge is 0.257 e. The number of methoxy groups -OCH3 is 1. The molecule has 1 amide bonds. The molecule has 144 valence electrons. The number of carbonyl (C=O) groups is 1. The number of hydrogen-bond acceptors (Lipinski definition) is 6. The summed E-state index contributed by atoms with van der Waals surface area (Å²) in [5.41, 5.74) is 2.32. The number of ether oxygens (including phenoxy) is 2. The number of hydrogen-bond donors (Lipinski definition) is 0. The van der Waals surface area contributed by atoms with E-state index in [4.69, 9.17) is 9.47 Å². The Balaban J connectivity index is 0.00000102. The molecule has 0 radical (unpaired) electrons. The highest BCUT2D eigenvalue weighted by Crippen LogP contribution is 2.24. The number of amides is 1. The lowest BCUT2D eigenvalue weighted by molar-refractivity contribution is 0.0301. The fourth-order valence-electron chi connectivity index (χ4n) is 3.13. The van der Waals surface area contributed by atoms with Crippen molar-refractivity contribution in [3.8, 4) is 5.75 Å². The van der Waals surface area contributed by atoms with Crippen molar-refractivity contribution in [1.29, 1.82) is 0 Å². The van der Waals surface area contributed by atoms with Gasteiger partial charge in [-0.15, -0.1) is 0 Å². The molecule has 3 aliphatic heterocycles. The standard InChI is InChI=1S/C18H20N4O3.C2H6/c1-24-16-12-13(15-4-5-17-19-6-7-22(17)20-15)2-3-14(16)18(23)21-8-10-25-11-9-21;1-2/h2-5,12H,6-11H2,1H3;1-2H3. The van der Waals surface area contributed by atoms with Gasteiger partial charge in [0.15, 0.2) is 0 Å². The average molecular weight is 370 g/mol. The third-order valence-electron chi connectivity index (χ3n) is 4.49. The summed E-state index contributed by atoms with van der Waals surface area (Å²) in [5.74, 6) is 1.43. The molecule has 1 aromatic rings. The van der Waals surface area contributed by atoms with E-state index < -0.39 is 0 Å². The van der Waals surface area contributed by atoms with Gasteiger partial charge in [0.2, 0.25) is 0 Å². The minimum absolute atomic E-state index is 0.0261. The first-order valence-electron chi connectivity index (χ1n) is 9.40. The van der Waals surface area contributed by atoms with Crippen LogP contribution < -0.4 is 4.74 Å². The van der Waals surface area contributed by atoms with Gasteiger partial charge in [0, 0.05) is 18.7 Å². The molecule has 1 saturated heterocycles. The Morgan fingerprint density at radius 1 is 1.15 bits per heavy atom. The van der Waals surface area contributed by atoms with Gasteiger partial charge in [0.25, 0.3) is 5.91 Å². The highest BCUT2D eigenvalue weighted by molar-refractivity contribution is 6.15. The number of carbonyl (C=O) groups excluding carboxylic acids is 1. The van der Waals surface area contributed by atoms with Gasteiger partial charge in [-0.05, 0) is 24.3 Å². The van der Waals surface area contributed by atoms with Crippen molar-refractivity contribution >= 4 is 17.5 Å². The van der Waals surface area contributed by atoms with Gasteiger partial charge >= 0.3 is 0 Å². The summed E-state index contributed by atoms with van der Waals surface area (Å²) in [6.07, 6.45) is 3.91. The van der Waals surface area contributed by atoms with Crippen LogP contribution in [0.5, 0.6) is 5.75 Å². The molecule has 0 aliphatic carbocycles. The van der Waals surface area contributed by atoms with Crippen LogP contribution in [-0.4, -0.2) is 73.9 Å². The molecule has 7 nitrogen and oxygen atoms in total. The lowest BCUT2D eigenvalue weighted by atomic mass is 10.0. The molecule has 0 N–H and O–H groups in total. The first-order chi connectivity index (χ1) is 13.3. The van der Waals surface area contributed by atoms with E-state index in [2.05, 4.69) is 10.1 Å². The van der Waals surface area contributed by atoms with E-state index in [-0.39, 0.29) is 5.91 Å². The lowest BCUT2D eigenvalue weighted by Crippen LogP contribution is -2.40. The van der Waals surface area contributed by atoms with E-state index in [1.165, 1.54) is 0 Å². The van der Waals surface area contributed by atoms with Gasteiger partial charge in [-0.1, -0.05) is 19.9 Å². The van der Waals surface area contributed by atoms with Crippen LogP contribution in [0.4, 0.5) is 0 Å². The summed E-state index contributed by atoms with van der Waals surface area (Å²) < 4.78 is 10.8. The van der Waals surface area contributed by atoms with Crippen LogP contribution in [-0.2, 0) is 4.74 Å². The van der Waals surface area contributed by atoms with Gasteiger partial charge in [-0.25, -0.2) is 5.01 Å². The SMILES string of the molecule is CC.COc1cc(C2=NN3CCN=C3C=C2)ccc1C(=O)N1CCOCC1. The predicted molar refractivity (Wildman–Crippen MR) is 106 cm³/mol. The Labute approximate surface area is 160 Å². The molecule has 3 aliphatic rings. The number of amidine groups is 1. The molecule has 7 heteroatoms. The number of rotatable bonds is 3. The molecule has 27 heavy (non-hydrogen) atoms. The Kier molecular flexibility index (Phi) is 6.24. The van der Waals surface area contributed by atoms with Gasteiger partial charge in [-0.3, -0.25) is 9.79 Å². The monoisotopic (exact) mass is 370 g/mol. The molecule has 1 aromatic carbocycles. The summed E-state index contributed by atoms with van der Waals surface area (Å²) in [5, 5.41) is 6.52. The van der Waals surface area contributed by atoms with Crippen LogP contribution in [0.25, 0.3) is 0 Å². The maximum Gasteiger partial charge on any atom is 0.257 e. The van der Waals surface area contributed by atoms with Crippen molar-refractivity contribution in [3.63, 3.8) is 0 Å². The number of morpholine rings is 1. The van der Waals surface area contributed by atoms with Crippen molar-refractivity contribution in [2.24, 2.45) is 10.1 Å². The zero-order valence-corrected chi connectivity index (χ0v) is 16.1. The topological polar surface area (TPSA) is 66.7 Å².